The van der Waals surface area contributed by atoms with Crippen molar-refractivity contribution in [2.45, 2.75) is 13.0 Å². The van der Waals surface area contributed by atoms with Gasteiger partial charge < -0.3 is 9.47 Å². The number of non-ortho nitro benzene ring substituents is 1. The number of carbonyl (C=O) groups excluding carboxylic acids is 2. The lowest BCUT2D eigenvalue weighted by atomic mass is 9.95. The van der Waals surface area contributed by atoms with Crippen LogP contribution in [0, 0.1) is 10.1 Å². The summed E-state index contributed by atoms with van der Waals surface area (Å²) in [6, 6.07) is 11.4. The molecule has 2 heterocycles. The number of nitro benzene ring substituents is 1. The molecule has 10 nitrogen and oxygen atoms in total. The lowest BCUT2D eigenvalue weighted by Gasteiger charge is -2.24. The minimum absolute atomic E-state index is 0.0982. The van der Waals surface area contributed by atoms with Gasteiger partial charge in [0, 0.05) is 12.1 Å². The summed E-state index contributed by atoms with van der Waals surface area (Å²) in [7, 11) is 2.52. The van der Waals surface area contributed by atoms with Crippen molar-refractivity contribution in [2.24, 2.45) is 4.99 Å². The zero-order valence-electron chi connectivity index (χ0n) is 18.9. The molecule has 0 saturated carbocycles. The zero-order valence-corrected chi connectivity index (χ0v) is 19.7. The van der Waals surface area contributed by atoms with Gasteiger partial charge in [-0.3, -0.25) is 19.5 Å². The average molecular weight is 493 g/mol. The van der Waals surface area contributed by atoms with Gasteiger partial charge in [0.1, 0.15) is 0 Å². The molecule has 178 valence electrons. The molecular weight excluding hydrogens is 474 g/mol. The van der Waals surface area contributed by atoms with Crippen LogP contribution in [0.3, 0.4) is 0 Å². The number of allylic oxidation sites excluding steroid dienone is 1. The highest BCUT2D eigenvalue weighted by Gasteiger charge is 2.33. The first-order valence-corrected chi connectivity index (χ1v) is 11.1. The SMILES string of the molecule is COC(=O)C1=C(C)N=c2s/c(=C\c3cccc([N+](=O)[O-])c3)c(=O)n2[C@@H]1c1ccc(C(=O)OC)cc1. The first kappa shape index (κ1) is 23.8. The van der Waals surface area contributed by atoms with E-state index >= 15 is 0 Å². The van der Waals surface area contributed by atoms with Crippen LogP contribution in [0.4, 0.5) is 5.69 Å². The monoisotopic (exact) mass is 493 g/mol. The molecule has 35 heavy (non-hydrogen) atoms. The van der Waals surface area contributed by atoms with E-state index in [1.165, 1.54) is 37.0 Å². The number of nitrogens with zero attached hydrogens (tertiary/aromatic N) is 3. The molecule has 1 aliphatic rings. The lowest BCUT2D eigenvalue weighted by Crippen LogP contribution is -2.39. The molecule has 0 unspecified atom stereocenters. The van der Waals surface area contributed by atoms with Crippen LogP contribution >= 0.6 is 11.3 Å². The fraction of sp³-hybridized carbons (Fsp3) is 0.167. The van der Waals surface area contributed by atoms with Crippen LogP contribution in [0.15, 0.2) is 69.6 Å². The molecule has 0 spiro atoms. The van der Waals surface area contributed by atoms with Crippen molar-refractivity contribution >= 4 is 35.0 Å². The third-order valence-electron chi connectivity index (χ3n) is 5.45. The van der Waals surface area contributed by atoms with Gasteiger partial charge in [-0.25, -0.2) is 14.6 Å². The second-order valence-electron chi connectivity index (χ2n) is 7.54. The highest BCUT2D eigenvalue weighted by molar-refractivity contribution is 7.07. The molecule has 0 bridgehead atoms. The number of carbonyl (C=O) groups is 2. The molecule has 3 aromatic rings. The molecule has 11 heteroatoms. The fourth-order valence-corrected chi connectivity index (χ4v) is 4.85. The summed E-state index contributed by atoms with van der Waals surface area (Å²) < 4.78 is 11.4. The van der Waals surface area contributed by atoms with Gasteiger partial charge in [0.2, 0.25) is 0 Å². The lowest BCUT2D eigenvalue weighted by molar-refractivity contribution is -0.384. The largest absolute Gasteiger partial charge is 0.466 e. The van der Waals surface area contributed by atoms with E-state index in [4.69, 9.17) is 9.47 Å². The van der Waals surface area contributed by atoms with E-state index in [9.17, 15) is 24.5 Å². The highest BCUT2D eigenvalue weighted by Crippen LogP contribution is 2.30. The summed E-state index contributed by atoms with van der Waals surface area (Å²) in [6.45, 7) is 1.65. The van der Waals surface area contributed by atoms with Crippen LogP contribution in [0.2, 0.25) is 0 Å². The Morgan fingerprint density at radius 1 is 1.11 bits per heavy atom. The Balaban J connectivity index is 1.92. The summed E-state index contributed by atoms with van der Waals surface area (Å²) in [5, 5.41) is 11.1. The molecule has 0 saturated heterocycles. The standard InChI is InChI=1S/C24H19N3O7S/c1-13-19(23(30)34-3)20(15-7-9-16(10-8-15)22(29)33-2)26-21(28)18(35-24(26)25-13)12-14-5-4-6-17(11-14)27(31)32/h4-12,20H,1-3H3/b18-12-/t20-/m1/s1. The topological polar surface area (TPSA) is 130 Å². The van der Waals surface area contributed by atoms with Crippen LogP contribution < -0.4 is 14.9 Å². The number of hydrogen-bond acceptors (Lipinski definition) is 9. The first-order chi connectivity index (χ1) is 16.7. The third-order valence-corrected chi connectivity index (χ3v) is 6.44. The van der Waals surface area contributed by atoms with Gasteiger partial charge in [-0.05, 0) is 36.3 Å². The fourth-order valence-electron chi connectivity index (χ4n) is 3.81. The average Bonchev–Trinajstić information content (AvgIpc) is 3.16. The van der Waals surface area contributed by atoms with E-state index in [2.05, 4.69) is 4.99 Å². The van der Waals surface area contributed by atoms with E-state index in [0.717, 1.165) is 11.3 Å². The van der Waals surface area contributed by atoms with Crippen molar-refractivity contribution in [3.8, 4) is 0 Å². The summed E-state index contributed by atoms with van der Waals surface area (Å²) in [5.41, 5.74) is 1.42. The van der Waals surface area contributed by atoms with Crippen molar-refractivity contribution in [1.29, 1.82) is 0 Å². The molecular formula is C24H19N3O7S. The Hall–Kier alpha value is -4.38. The number of benzene rings is 2. The van der Waals surface area contributed by atoms with Crippen molar-refractivity contribution < 1.29 is 24.0 Å². The Kier molecular flexibility index (Phi) is 6.43. The van der Waals surface area contributed by atoms with E-state index < -0.39 is 28.5 Å². The van der Waals surface area contributed by atoms with E-state index in [-0.39, 0.29) is 11.3 Å². The maximum Gasteiger partial charge on any atom is 0.338 e. The van der Waals surface area contributed by atoms with E-state index in [0.29, 0.717) is 31.7 Å². The Bertz CT molecular complexity index is 1570. The van der Waals surface area contributed by atoms with Gasteiger partial charge in [-0.2, -0.15) is 0 Å². The smallest absolute Gasteiger partial charge is 0.338 e. The number of rotatable bonds is 5. The Morgan fingerprint density at radius 2 is 1.80 bits per heavy atom. The number of thiazole rings is 1. The van der Waals surface area contributed by atoms with Crippen LogP contribution in [0.1, 0.15) is 34.5 Å². The van der Waals surface area contributed by atoms with Crippen LogP contribution in [0.5, 0.6) is 0 Å². The molecule has 2 aromatic carbocycles. The van der Waals surface area contributed by atoms with Gasteiger partial charge >= 0.3 is 11.9 Å². The maximum absolute atomic E-state index is 13.5. The minimum Gasteiger partial charge on any atom is -0.466 e. The molecule has 4 rings (SSSR count). The maximum atomic E-state index is 13.5. The number of ether oxygens (including phenoxy) is 2. The summed E-state index contributed by atoms with van der Waals surface area (Å²) in [6.07, 6.45) is 1.55. The van der Waals surface area contributed by atoms with Crippen LogP contribution in [-0.4, -0.2) is 35.6 Å². The molecule has 1 aromatic heterocycles. The molecule has 0 fully saturated rings. The predicted octanol–water partition coefficient (Wildman–Crippen LogP) is 2.10. The summed E-state index contributed by atoms with van der Waals surface area (Å²) >= 11 is 1.10. The number of fused-ring (bicyclic) bond motifs is 1. The van der Waals surface area contributed by atoms with Crippen molar-refractivity contribution in [3.63, 3.8) is 0 Å². The molecule has 0 radical (unpaired) electrons. The van der Waals surface area contributed by atoms with E-state index in [1.807, 2.05) is 0 Å². The van der Waals surface area contributed by atoms with Gasteiger partial charge in [-0.15, -0.1) is 0 Å². The number of nitro groups is 1. The van der Waals surface area contributed by atoms with Gasteiger partial charge in [0.05, 0.1) is 46.6 Å². The molecule has 0 N–H and O–H groups in total. The number of methoxy groups -OCH3 is 2. The molecule has 0 aliphatic carbocycles. The van der Waals surface area contributed by atoms with E-state index in [1.54, 1.807) is 43.3 Å². The molecule has 1 atom stereocenters. The number of aromatic nitrogens is 1. The number of hydrogen-bond donors (Lipinski definition) is 0. The normalized spacial score (nSPS) is 15.3. The Labute approximate surface area is 202 Å². The van der Waals surface area contributed by atoms with Crippen LogP contribution in [0.25, 0.3) is 6.08 Å². The Morgan fingerprint density at radius 3 is 2.43 bits per heavy atom. The molecule has 0 amide bonds. The van der Waals surface area contributed by atoms with Crippen molar-refractivity contribution in [2.75, 3.05) is 14.2 Å². The third kappa shape index (κ3) is 4.41. The first-order valence-electron chi connectivity index (χ1n) is 10.3. The molecule has 1 aliphatic heterocycles. The second-order valence-corrected chi connectivity index (χ2v) is 8.55. The quantitative estimate of drug-likeness (QED) is 0.302. The van der Waals surface area contributed by atoms with Crippen molar-refractivity contribution in [3.05, 3.63) is 106 Å². The van der Waals surface area contributed by atoms with Gasteiger partial charge in [0.25, 0.3) is 11.2 Å². The number of esters is 2. The van der Waals surface area contributed by atoms with Gasteiger partial charge in [-0.1, -0.05) is 35.6 Å². The predicted molar refractivity (Wildman–Crippen MR) is 127 cm³/mol. The second kappa shape index (κ2) is 9.47. The zero-order chi connectivity index (χ0) is 25.3. The van der Waals surface area contributed by atoms with Crippen molar-refractivity contribution in [1.82, 2.24) is 4.57 Å². The summed E-state index contributed by atoms with van der Waals surface area (Å²) in [4.78, 5) is 53.5. The summed E-state index contributed by atoms with van der Waals surface area (Å²) in [5.74, 6) is -1.15. The van der Waals surface area contributed by atoms with Gasteiger partial charge in [0.15, 0.2) is 4.80 Å². The van der Waals surface area contributed by atoms with Crippen LogP contribution in [-0.2, 0) is 14.3 Å². The highest BCUT2D eigenvalue weighted by atomic mass is 32.1. The minimum atomic E-state index is -0.849.